The Bertz CT molecular complexity index is 520. The zero-order valence-corrected chi connectivity index (χ0v) is 10.1. The number of carbonyl (C=O) groups is 1. The summed E-state index contributed by atoms with van der Waals surface area (Å²) in [6.45, 7) is 4.60. The van der Waals surface area contributed by atoms with E-state index in [1.807, 2.05) is 0 Å². The lowest BCUT2D eigenvalue weighted by Crippen LogP contribution is -2.19. The van der Waals surface area contributed by atoms with E-state index < -0.39 is 21.1 Å². The molecule has 1 aromatic rings. The van der Waals surface area contributed by atoms with Gasteiger partial charge in [0.25, 0.3) is 0 Å². The number of nitrogens with zero attached hydrogens (tertiary/aromatic N) is 1. The second kappa shape index (κ2) is 4.21. The third kappa shape index (κ3) is 2.21. The molecule has 88 valence electrons. The van der Waals surface area contributed by atoms with Gasteiger partial charge in [-0.1, -0.05) is 0 Å². The first-order valence-electron chi connectivity index (χ1n) is 4.71. The summed E-state index contributed by atoms with van der Waals surface area (Å²) in [7, 11) is -3.67. The Hall–Kier alpha value is -1.43. The topological polar surface area (TPSA) is 84.3 Å². The molecule has 0 aliphatic rings. The first-order chi connectivity index (χ1) is 7.26. The van der Waals surface area contributed by atoms with Gasteiger partial charge < -0.3 is 5.11 Å². The highest BCUT2D eigenvalue weighted by atomic mass is 32.2. The van der Waals surface area contributed by atoms with Crippen molar-refractivity contribution in [1.29, 1.82) is 0 Å². The van der Waals surface area contributed by atoms with E-state index >= 15 is 0 Å². The number of aromatic nitrogens is 1. The van der Waals surface area contributed by atoms with Crippen molar-refractivity contribution in [2.24, 2.45) is 0 Å². The SMILES string of the molecule is Cc1ccc(C(=O)O)c(S(=O)(=O)C(C)C)n1. The zero-order valence-electron chi connectivity index (χ0n) is 9.26. The number of hydrogen-bond acceptors (Lipinski definition) is 4. The van der Waals surface area contributed by atoms with Crippen LogP contribution in [0.15, 0.2) is 17.2 Å². The Morgan fingerprint density at radius 1 is 1.38 bits per heavy atom. The fourth-order valence-corrected chi connectivity index (χ4v) is 2.32. The molecule has 0 saturated carbocycles. The summed E-state index contributed by atoms with van der Waals surface area (Å²) >= 11 is 0. The maximum absolute atomic E-state index is 11.9. The molecular weight excluding hydrogens is 230 g/mol. The summed E-state index contributed by atoms with van der Waals surface area (Å²) in [4.78, 5) is 14.7. The largest absolute Gasteiger partial charge is 0.478 e. The van der Waals surface area contributed by atoms with Crippen molar-refractivity contribution in [3.63, 3.8) is 0 Å². The first-order valence-corrected chi connectivity index (χ1v) is 6.26. The molecule has 16 heavy (non-hydrogen) atoms. The normalized spacial score (nSPS) is 11.8. The Morgan fingerprint density at radius 3 is 2.38 bits per heavy atom. The summed E-state index contributed by atoms with van der Waals surface area (Å²) in [5, 5.41) is 7.85. The molecule has 1 rings (SSSR count). The van der Waals surface area contributed by atoms with Crippen molar-refractivity contribution in [2.75, 3.05) is 0 Å². The van der Waals surface area contributed by atoms with Crippen LogP contribution in [0.1, 0.15) is 29.9 Å². The summed E-state index contributed by atoms with van der Waals surface area (Å²) in [5.41, 5.74) is 0.198. The average molecular weight is 243 g/mol. The van der Waals surface area contributed by atoms with Crippen LogP contribution in [0.4, 0.5) is 0 Å². The summed E-state index contributed by atoms with van der Waals surface area (Å²) < 4.78 is 23.8. The Balaban J connectivity index is 3.54. The minimum atomic E-state index is -3.67. The molecule has 1 heterocycles. The zero-order chi connectivity index (χ0) is 12.5. The van der Waals surface area contributed by atoms with Crippen LogP contribution in [0, 0.1) is 6.92 Å². The van der Waals surface area contributed by atoms with Crippen molar-refractivity contribution in [1.82, 2.24) is 4.98 Å². The molecule has 0 amide bonds. The molecule has 0 saturated heterocycles. The Morgan fingerprint density at radius 2 is 1.94 bits per heavy atom. The third-order valence-electron chi connectivity index (χ3n) is 2.12. The molecule has 1 N–H and O–H groups in total. The van der Waals surface area contributed by atoms with Crippen LogP contribution >= 0.6 is 0 Å². The van der Waals surface area contributed by atoms with E-state index in [9.17, 15) is 13.2 Å². The molecule has 1 aromatic heterocycles. The molecule has 0 aliphatic heterocycles. The lowest BCUT2D eigenvalue weighted by molar-refractivity contribution is 0.0691. The Labute approximate surface area is 94.1 Å². The smallest absolute Gasteiger partial charge is 0.338 e. The van der Waals surface area contributed by atoms with E-state index in [1.165, 1.54) is 26.0 Å². The van der Waals surface area contributed by atoms with E-state index in [-0.39, 0.29) is 10.6 Å². The standard InChI is InChI=1S/C10H13NO4S/c1-6(2)16(14,15)9-8(10(12)13)5-4-7(3)11-9/h4-6H,1-3H3,(H,12,13). The second-order valence-electron chi connectivity index (χ2n) is 3.70. The number of pyridine rings is 1. The number of aryl methyl sites for hydroxylation is 1. The van der Waals surface area contributed by atoms with Crippen LogP contribution < -0.4 is 0 Å². The predicted molar refractivity (Wildman–Crippen MR) is 58.3 cm³/mol. The lowest BCUT2D eigenvalue weighted by Gasteiger charge is -2.10. The van der Waals surface area contributed by atoms with Gasteiger partial charge in [0.15, 0.2) is 14.9 Å². The van der Waals surface area contributed by atoms with Crippen molar-refractivity contribution in [3.8, 4) is 0 Å². The number of hydrogen-bond donors (Lipinski definition) is 1. The summed E-state index contributed by atoms with van der Waals surface area (Å²) in [6.07, 6.45) is 0. The minimum absolute atomic E-state index is 0.278. The van der Waals surface area contributed by atoms with Gasteiger partial charge in [-0.25, -0.2) is 18.2 Å². The van der Waals surface area contributed by atoms with Crippen molar-refractivity contribution >= 4 is 15.8 Å². The van der Waals surface area contributed by atoms with Gasteiger partial charge in [-0.15, -0.1) is 0 Å². The van der Waals surface area contributed by atoms with Crippen LogP contribution in [0.3, 0.4) is 0 Å². The lowest BCUT2D eigenvalue weighted by atomic mass is 10.2. The predicted octanol–water partition coefficient (Wildman–Crippen LogP) is 1.27. The molecule has 0 atom stereocenters. The first kappa shape index (κ1) is 12.6. The van der Waals surface area contributed by atoms with Crippen molar-refractivity contribution < 1.29 is 18.3 Å². The van der Waals surface area contributed by atoms with E-state index in [1.54, 1.807) is 6.92 Å². The highest BCUT2D eigenvalue weighted by Gasteiger charge is 2.27. The van der Waals surface area contributed by atoms with Crippen LogP contribution in [-0.2, 0) is 9.84 Å². The number of aromatic carboxylic acids is 1. The number of carboxylic acids is 1. The number of rotatable bonds is 3. The summed E-state index contributed by atoms with van der Waals surface area (Å²) in [5.74, 6) is -1.29. The van der Waals surface area contributed by atoms with E-state index in [0.717, 1.165) is 0 Å². The van der Waals surface area contributed by atoms with Crippen LogP contribution in [-0.4, -0.2) is 29.7 Å². The highest BCUT2D eigenvalue weighted by molar-refractivity contribution is 7.92. The van der Waals surface area contributed by atoms with Crippen LogP contribution in [0.2, 0.25) is 0 Å². The van der Waals surface area contributed by atoms with Gasteiger partial charge in [-0.05, 0) is 32.9 Å². The summed E-state index contributed by atoms with van der Waals surface area (Å²) in [6, 6.07) is 2.74. The van der Waals surface area contributed by atoms with Crippen molar-refractivity contribution in [3.05, 3.63) is 23.4 Å². The van der Waals surface area contributed by atoms with Gasteiger partial charge in [0, 0.05) is 5.69 Å². The van der Waals surface area contributed by atoms with Gasteiger partial charge in [0.2, 0.25) is 0 Å². The highest BCUT2D eigenvalue weighted by Crippen LogP contribution is 2.19. The van der Waals surface area contributed by atoms with Gasteiger partial charge in [-0.2, -0.15) is 0 Å². The average Bonchev–Trinajstić information content (AvgIpc) is 2.16. The molecule has 0 bridgehead atoms. The quantitative estimate of drug-likeness (QED) is 0.864. The van der Waals surface area contributed by atoms with E-state index in [2.05, 4.69) is 4.98 Å². The minimum Gasteiger partial charge on any atom is -0.478 e. The van der Waals surface area contributed by atoms with Gasteiger partial charge in [0.1, 0.15) is 0 Å². The fraction of sp³-hybridized carbons (Fsp3) is 0.400. The third-order valence-corrected chi connectivity index (χ3v) is 4.21. The van der Waals surface area contributed by atoms with E-state index in [4.69, 9.17) is 5.11 Å². The van der Waals surface area contributed by atoms with Crippen molar-refractivity contribution in [2.45, 2.75) is 31.0 Å². The molecule has 0 aliphatic carbocycles. The number of sulfone groups is 1. The van der Waals surface area contributed by atoms with Crippen LogP contribution in [0.25, 0.3) is 0 Å². The molecule has 0 radical (unpaired) electrons. The molecule has 0 fully saturated rings. The van der Waals surface area contributed by atoms with E-state index in [0.29, 0.717) is 5.69 Å². The van der Waals surface area contributed by atoms with Crippen LogP contribution in [0.5, 0.6) is 0 Å². The fourth-order valence-electron chi connectivity index (χ4n) is 1.14. The maximum Gasteiger partial charge on any atom is 0.338 e. The Kier molecular flexibility index (Phi) is 3.32. The van der Waals surface area contributed by atoms with Gasteiger partial charge in [0.05, 0.1) is 10.8 Å². The maximum atomic E-state index is 11.9. The second-order valence-corrected chi connectivity index (χ2v) is 6.12. The van der Waals surface area contributed by atoms with Gasteiger partial charge in [-0.3, -0.25) is 0 Å². The molecule has 6 heteroatoms. The molecule has 0 spiro atoms. The van der Waals surface area contributed by atoms with Gasteiger partial charge >= 0.3 is 5.97 Å². The molecular formula is C10H13NO4S. The molecule has 0 unspecified atom stereocenters. The molecule has 0 aromatic carbocycles. The number of carboxylic acid groups (broad SMARTS) is 1. The monoisotopic (exact) mass is 243 g/mol. The molecule has 5 nitrogen and oxygen atoms in total.